The van der Waals surface area contributed by atoms with Crippen molar-refractivity contribution >= 4 is 0 Å². The topological polar surface area (TPSA) is 29.3 Å². The lowest BCUT2D eigenvalue weighted by molar-refractivity contribution is 0.160. The highest BCUT2D eigenvalue weighted by molar-refractivity contribution is 4.81. The summed E-state index contributed by atoms with van der Waals surface area (Å²) in [6.07, 6.45) is 6.38. The molecule has 2 heteroatoms. The van der Waals surface area contributed by atoms with Crippen molar-refractivity contribution in [3.8, 4) is 0 Å². The minimum Gasteiger partial charge on any atom is -0.328 e. The highest BCUT2D eigenvalue weighted by Gasteiger charge is 2.22. The molecule has 1 saturated carbocycles. The van der Waals surface area contributed by atoms with E-state index in [1.54, 1.807) is 0 Å². The summed E-state index contributed by atoms with van der Waals surface area (Å²) < 4.78 is 0. The van der Waals surface area contributed by atoms with Gasteiger partial charge in [-0.3, -0.25) is 0 Å². The van der Waals surface area contributed by atoms with Crippen molar-refractivity contribution in [2.45, 2.75) is 58.0 Å². The van der Waals surface area contributed by atoms with Gasteiger partial charge in [-0.05, 0) is 32.2 Å². The Bertz CT molecular complexity index is 158. The molecule has 0 aromatic heterocycles. The predicted octanol–water partition coefficient (Wildman–Crippen LogP) is 2.23. The van der Waals surface area contributed by atoms with Crippen LogP contribution in [0.25, 0.3) is 0 Å². The Morgan fingerprint density at radius 2 is 2.14 bits per heavy atom. The molecule has 1 rings (SSSR count). The van der Waals surface area contributed by atoms with E-state index in [1.165, 1.54) is 38.6 Å². The van der Waals surface area contributed by atoms with E-state index >= 15 is 0 Å². The largest absolute Gasteiger partial charge is 0.328 e. The van der Waals surface area contributed by atoms with Crippen molar-refractivity contribution in [1.29, 1.82) is 0 Å². The fourth-order valence-corrected chi connectivity index (χ4v) is 2.37. The Kier molecular flexibility index (Phi) is 4.90. The zero-order chi connectivity index (χ0) is 10.6. The molecule has 0 bridgehead atoms. The SMILES string of the molecule is CCC(C)CN(C)C1CCCC(N)C1. The predicted molar refractivity (Wildman–Crippen MR) is 62.3 cm³/mol. The second-order valence-corrected chi connectivity index (χ2v) is 5.03. The molecule has 1 aliphatic rings. The molecule has 0 saturated heterocycles. The van der Waals surface area contributed by atoms with E-state index in [0.717, 1.165) is 12.0 Å². The number of nitrogens with two attached hydrogens (primary N) is 1. The van der Waals surface area contributed by atoms with Gasteiger partial charge in [0.05, 0.1) is 0 Å². The van der Waals surface area contributed by atoms with Crippen molar-refractivity contribution in [3.63, 3.8) is 0 Å². The van der Waals surface area contributed by atoms with E-state index < -0.39 is 0 Å². The van der Waals surface area contributed by atoms with E-state index in [1.807, 2.05) is 0 Å². The summed E-state index contributed by atoms with van der Waals surface area (Å²) in [5.74, 6) is 0.818. The molecular weight excluding hydrogens is 172 g/mol. The number of rotatable bonds is 4. The standard InChI is InChI=1S/C12H26N2/c1-4-10(2)9-14(3)12-7-5-6-11(13)8-12/h10-12H,4-9,13H2,1-3H3. The van der Waals surface area contributed by atoms with Gasteiger partial charge in [0, 0.05) is 18.6 Å². The molecule has 0 spiro atoms. The minimum atomic E-state index is 0.452. The Balaban J connectivity index is 2.31. The first-order chi connectivity index (χ1) is 6.63. The maximum absolute atomic E-state index is 6.00. The lowest BCUT2D eigenvalue weighted by Crippen LogP contribution is -2.42. The first kappa shape index (κ1) is 12.0. The minimum absolute atomic E-state index is 0.452. The third-order valence-corrected chi connectivity index (χ3v) is 3.61. The summed E-state index contributed by atoms with van der Waals surface area (Å²) in [6.45, 7) is 5.83. The van der Waals surface area contributed by atoms with Gasteiger partial charge in [0.15, 0.2) is 0 Å². The van der Waals surface area contributed by atoms with Crippen molar-refractivity contribution < 1.29 is 0 Å². The van der Waals surface area contributed by atoms with Gasteiger partial charge in [0.25, 0.3) is 0 Å². The lowest BCUT2D eigenvalue weighted by atomic mass is 9.90. The molecule has 0 heterocycles. The second-order valence-electron chi connectivity index (χ2n) is 5.03. The van der Waals surface area contributed by atoms with Crippen LogP contribution in [-0.4, -0.2) is 30.6 Å². The molecule has 2 nitrogen and oxygen atoms in total. The Labute approximate surface area is 88.8 Å². The van der Waals surface area contributed by atoms with Crippen molar-refractivity contribution in [2.75, 3.05) is 13.6 Å². The molecule has 1 aliphatic carbocycles. The molecule has 0 radical (unpaired) electrons. The van der Waals surface area contributed by atoms with E-state index in [-0.39, 0.29) is 0 Å². The highest BCUT2D eigenvalue weighted by Crippen LogP contribution is 2.21. The summed E-state index contributed by atoms with van der Waals surface area (Å²) in [5, 5.41) is 0. The summed E-state index contributed by atoms with van der Waals surface area (Å²) >= 11 is 0. The third kappa shape index (κ3) is 3.58. The first-order valence-corrected chi connectivity index (χ1v) is 6.09. The third-order valence-electron chi connectivity index (χ3n) is 3.61. The van der Waals surface area contributed by atoms with E-state index in [4.69, 9.17) is 5.73 Å². The zero-order valence-corrected chi connectivity index (χ0v) is 10.00. The van der Waals surface area contributed by atoms with Gasteiger partial charge in [-0.25, -0.2) is 0 Å². The fourth-order valence-electron chi connectivity index (χ4n) is 2.37. The normalized spacial score (nSPS) is 30.6. The van der Waals surface area contributed by atoms with E-state index in [9.17, 15) is 0 Å². The number of nitrogens with zero attached hydrogens (tertiary/aromatic N) is 1. The molecule has 3 atom stereocenters. The summed E-state index contributed by atoms with van der Waals surface area (Å²) in [5.41, 5.74) is 6.00. The second kappa shape index (κ2) is 5.72. The van der Waals surface area contributed by atoms with Crippen LogP contribution in [-0.2, 0) is 0 Å². The highest BCUT2D eigenvalue weighted by atomic mass is 15.1. The van der Waals surface area contributed by atoms with Crippen LogP contribution in [0.15, 0.2) is 0 Å². The quantitative estimate of drug-likeness (QED) is 0.750. The van der Waals surface area contributed by atoms with Crippen LogP contribution >= 0.6 is 0 Å². The molecule has 1 fully saturated rings. The fraction of sp³-hybridized carbons (Fsp3) is 1.00. The summed E-state index contributed by atoms with van der Waals surface area (Å²) in [7, 11) is 2.26. The van der Waals surface area contributed by atoms with E-state index in [2.05, 4.69) is 25.8 Å². The van der Waals surface area contributed by atoms with Gasteiger partial charge in [-0.15, -0.1) is 0 Å². The van der Waals surface area contributed by atoms with Gasteiger partial charge in [-0.2, -0.15) is 0 Å². The number of hydrogen-bond donors (Lipinski definition) is 1. The average molecular weight is 198 g/mol. The smallest absolute Gasteiger partial charge is 0.0107 e. The molecule has 0 aromatic rings. The Morgan fingerprint density at radius 3 is 2.71 bits per heavy atom. The van der Waals surface area contributed by atoms with Crippen LogP contribution in [0.2, 0.25) is 0 Å². The van der Waals surface area contributed by atoms with Crippen molar-refractivity contribution in [1.82, 2.24) is 4.90 Å². The maximum atomic E-state index is 6.00. The summed E-state index contributed by atoms with van der Waals surface area (Å²) in [6, 6.07) is 1.20. The van der Waals surface area contributed by atoms with Crippen LogP contribution in [0.4, 0.5) is 0 Å². The zero-order valence-electron chi connectivity index (χ0n) is 10.00. The maximum Gasteiger partial charge on any atom is 0.0107 e. The molecule has 14 heavy (non-hydrogen) atoms. The molecule has 0 aromatic carbocycles. The van der Waals surface area contributed by atoms with Crippen LogP contribution < -0.4 is 5.73 Å². The van der Waals surface area contributed by atoms with Crippen LogP contribution in [0, 0.1) is 5.92 Å². The van der Waals surface area contributed by atoms with E-state index in [0.29, 0.717) is 6.04 Å². The van der Waals surface area contributed by atoms with Crippen LogP contribution in [0.3, 0.4) is 0 Å². The van der Waals surface area contributed by atoms with Gasteiger partial charge in [-0.1, -0.05) is 26.7 Å². The Hall–Kier alpha value is -0.0800. The van der Waals surface area contributed by atoms with Gasteiger partial charge < -0.3 is 10.6 Å². The van der Waals surface area contributed by atoms with Gasteiger partial charge in [0.2, 0.25) is 0 Å². The first-order valence-electron chi connectivity index (χ1n) is 6.09. The van der Waals surface area contributed by atoms with Crippen LogP contribution in [0.5, 0.6) is 0 Å². The summed E-state index contributed by atoms with van der Waals surface area (Å²) in [4.78, 5) is 2.52. The molecule has 84 valence electrons. The molecule has 0 aliphatic heterocycles. The molecular formula is C12H26N2. The Morgan fingerprint density at radius 1 is 1.43 bits per heavy atom. The monoisotopic (exact) mass is 198 g/mol. The van der Waals surface area contributed by atoms with Crippen molar-refractivity contribution in [3.05, 3.63) is 0 Å². The molecule has 0 amide bonds. The van der Waals surface area contributed by atoms with Crippen molar-refractivity contribution in [2.24, 2.45) is 11.7 Å². The van der Waals surface area contributed by atoms with Crippen LogP contribution in [0.1, 0.15) is 46.0 Å². The van der Waals surface area contributed by atoms with Gasteiger partial charge in [0.1, 0.15) is 0 Å². The average Bonchev–Trinajstić information content (AvgIpc) is 2.17. The lowest BCUT2D eigenvalue weighted by Gasteiger charge is -2.35. The molecule has 3 unspecified atom stereocenters. The molecule has 2 N–H and O–H groups in total. The number of hydrogen-bond acceptors (Lipinski definition) is 2. The van der Waals surface area contributed by atoms with Gasteiger partial charge >= 0.3 is 0 Å².